The second-order valence-corrected chi connectivity index (χ2v) is 7.32. The van der Waals surface area contributed by atoms with Gasteiger partial charge in [-0.3, -0.25) is 9.80 Å². The first-order chi connectivity index (χ1) is 12.1. The van der Waals surface area contributed by atoms with Crippen molar-refractivity contribution >= 4 is 15.9 Å². The molecule has 1 saturated heterocycles. The van der Waals surface area contributed by atoms with Gasteiger partial charge >= 0.3 is 0 Å². The van der Waals surface area contributed by atoms with E-state index < -0.39 is 0 Å². The number of aromatic hydroxyl groups is 1. The quantitative estimate of drug-likeness (QED) is 0.792. The lowest BCUT2D eigenvalue weighted by Gasteiger charge is -2.34. The summed E-state index contributed by atoms with van der Waals surface area (Å²) in [6.07, 6.45) is 0. The highest BCUT2D eigenvalue weighted by Gasteiger charge is 2.18. The van der Waals surface area contributed by atoms with Gasteiger partial charge in [-0.15, -0.1) is 0 Å². The van der Waals surface area contributed by atoms with Crippen LogP contribution in [0.5, 0.6) is 11.5 Å². The molecule has 1 aliphatic heterocycles. The van der Waals surface area contributed by atoms with Gasteiger partial charge in [-0.1, -0.05) is 28.1 Å². The van der Waals surface area contributed by atoms with Gasteiger partial charge in [-0.2, -0.15) is 0 Å². The van der Waals surface area contributed by atoms with Gasteiger partial charge in [0.2, 0.25) is 0 Å². The number of ether oxygens (including phenoxy) is 1. The molecule has 0 saturated carbocycles. The van der Waals surface area contributed by atoms with Gasteiger partial charge in [0.05, 0.1) is 6.61 Å². The van der Waals surface area contributed by atoms with Crippen molar-refractivity contribution in [3.63, 3.8) is 0 Å². The van der Waals surface area contributed by atoms with Crippen LogP contribution in [0.1, 0.15) is 18.1 Å². The van der Waals surface area contributed by atoms with Gasteiger partial charge in [0, 0.05) is 49.3 Å². The summed E-state index contributed by atoms with van der Waals surface area (Å²) in [5, 5.41) is 10.0. The van der Waals surface area contributed by atoms with Gasteiger partial charge in [-0.25, -0.2) is 0 Å². The first kappa shape index (κ1) is 18.2. The van der Waals surface area contributed by atoms with Crippen molar-refractivity contribution in [2.24, 2.45) is 0 Å². The predicted octanol–water partition coefficient (Wildman–Crippen LogP) is 3.87. The summed E-state index contributed by atoms with van der Waals surface area (Å²) < 4.78 is 6.50. The third-order valence-electron chi connectivity index (χ3n) is 4.54. The Balaban J connectivity index is 1.49. The van der Waals surface area contributed by atoms with E-state index in [0.29, 0.717) is 12.4 Å². The zero-order valence-electron chi connectivity index (χ0n) is 14.6. The molecule has 5 heteroatoms. The van der Waals surface area contributed by atoms with E-state index >= 15 is 0 Å². The summed E-state index contributed by atoms with van der Waals surface area (Å²) in [6.45, 7) is 8.59. The topological polar surface area (TPSA) is 35.9 Å². The van der Waals surface area contributed by atoms with Crippen LogP contribution in [0, 0.1) is 0 Å². The fourth-order valence-electron chi connectivity index (χ4n) is 3.14. The molecule has 2 aromatic carbocycles. The lowest BCUT2D eigenvalue weighted by Crippen LogP contribution is -2.45. The first-order valence-electron chi connectivity index (χ1n) is 8.78. The smallest absolute Gasteiger partial charge is 0.120 e. The van der Waals surface area contributed by atoms with Crippen molar-refractivity contribution in [2.75, 3.05) is 32.8 Å². The van der Waals surface area contributed by atoms with Crippen LogP contribution in [-0.4, -0.2) is 47.7 Å². The molecule has 3 rings (SSSR count). The normalized spacial score (nSPS) is 16.1. The Hall–Kier alpha value is -1.56. The van der Waals surface area contributed by atoms with Crippen LogP contribution in [0.15, 0.2) is 46.9 Å². The van der Waals surface area contributed by atoms with Crippen molar-refractivity contribution in [2.45, 2.75) is 20.0 Å². The van der Waals surface area contributed by atoms with Crippen LogP contribution in [0.3, 0.4) is 0 Å². The van der Waals surface area contributed by atoms with Gasteiger partial charge < -0.3 is 9.84 Å². The van der Waals surface area contributed by atoms with Crippen LogP contribution in [-0.2, 0) is 13.1 Å². The molecule has 1 fully saturated rings. The third kappa shape index (κ3) is 5.21. The molecule has 0 amide bonds. The van der Waals surface area contributed by atoms with E-state index in [0.717, 1.165) is 55.1 Å². The molecule has 0 aromatic heterocycles. The van der Waals surface area contributed by atoms with Crippen molar-refractivity contribution in [1.29, 1.82) is 0 Å². The number of phenols is 1. The highest BCUT2D eigenvalue weighted by atomic mass is 79.9. The van der Waals surface area contributed by atoms with Crippen LogP contribution < -0.4 is 4.74 Å². The molecule has 4 nitrogen and oxygen atoms in total. The Morgan fingerprint density at radius 3 is 2.24 bits per heavy atom. The largest absolute Gasteiger partial charge is 0.508 e. The molecule has 1 heterocycles. The fourth-order valence-corrected chi connectivity index (χ4v) is 3.55. The molecule has 0 aliphatic carbocycles. The molecule has 1 N–H and O–H groups in total. The summed E-state index contributed by atoms with van der Waals surface area (Å²) in [5.74, 6) is 1.31. The molecule has 0 spiro atoms. The lowest BCUT2D eigenvalue weighted by molar-refractivity contribution is 0.121. The Kier molecular flexibility index (Phi) is 6.34. The van der Waals surface area contributed by atoms with E-state index in [2.05, 4.69) is 37.9 Å². The maximum Gasteiger partial charge on any atom is 0.120 e. The lowest BCUT2D eigenvalue weighted by atomic mass is 10.1. The fraction of sp³-hybridized carbons (Fsp3) is 0.400. The number of nitrogens with zero attached hydrogens (tertiary/aromatic N) is 2. The zero-order valence-corrected chi connectivity index (χ0v) is 16.2. The zero-order chi connectivity index (χ0) is 17.6. The Labute approximate surface area is 158 Å². The van der Waals surface area contributed by atoms with Gasteiger partial charge in [0.15, 0.2) is 0 Å². The van der Waals surface area contributed by atoms with Gasteiger partial charge in [0.1, 0.15) is 11.5 Å². The molecule has 25 heavy (non-hydrogen) atoms. The van der Waals surface area contributed by atoms with Crippen LogP contribution in [0.2, 0.25) is 0 Å². The van der Waals surface area contributed by atoms with Crippen molar-refractivity contribution in [1.82, 2.24) is 9.80 Å². The molecular formula is C20H25BrN2O2. The molecule has 0 unspecified atom stereocenters. The van der Waals surface area contributed by atoms with E-state index in [-0.39, 0.29) is 0 Å². The summed E-state index contributed by atoms with van der Waals surface area (Å²) in [6, 6.07) is 14.0. The average Bonchev–Trinajstić information content (AvgIpc) is 2.62. The standard InChI is InChI=1S/C20H25BrN2O2/c1-2-25-19-6-3-16(4-7-19)14-22-9-11-23(12-10-22)15-17-13-18(21)5-8-20(17)24/h3-8,13,24H,2,9-12,14-15H2,1H3. The predicted molar refractivity (Wildman–Crippen MR) is 104 cm³/mol. The van der Waals surface area contributed by atoms with Crippen LogP contribution in [0.4, 0.5) is 0 Å². The Morgan fingerprint density at radius 1 is 0.960 bits per heavy atom. The van der Waals surface area contributed by atoms with E-state index in [1.54, 1.807) is 6.07 Å². The number of hydrogen-bond donors (Lipinski definition) is 1. The highest BCUT2D eigenvalue weighted by Crippen LogP contribution is 2.24. The minimum Gasteiger partial charge on any atom is -0.508 e. The molecule has 0 atom stereocenters. The summed E-state index contributed by atoms with van der Waals surface area (Å²) in [5.41, 5.74) is 2.30. The van der Waals surface area contributed by atoms with Gasteiger partial charge in [-0.05, 0) is 42.8 Å². The Morgan fingerprint density at radius 2 is 1.60 bits per heavy atom. The number of halogens is 1. The molecule has 1 aliphatic rings. The maximum absolute atomic E-state index is 10.0. The second kappa shape index (κ2) is 8.70. The summed E-state index contributed by atoms with van der Waals surface area (Å²) >= 11 is 3.48. The highest BCUT2D eigenvalue weighted by molar-refractivity contribution is 9.10. The number of phenolic OH excluding ortho intramolecular Hbond substituents is 1. The van der Waals surface area contributed by atoms with Crippen molar-refractivity contribution < 1.29 is 9.84 Å². The first-order valence-corrected chi connectivity index (χ1v) is 9.57. The van der Waals surface area contributed by atoms with Gasteiger partial charge in [0.25, 0.3) is 0 Å². The monoisotopic (exact) mass is 404 g/mol. The minimum absolute atomic E-state index is 0.375. The summed E-state index contributed by atoms with van der Waals surface area (Å²) in [7, 11) is 0. The molecule has 134 valence electrons. The van der Waals surface area contributed by atoms with Crippen LogP contribution in [0.25, 0.3) is 0 Å². The van der Waals surface area contributed by atoms with E-state index in [1.807, 2.05) is 31.2 Å². The maximum atomic E-state index is 10.0. The SMILES string of the molecule is CCOc1ccc(CN2CCN(Cc3cc(Br)ccc3O)CC2)cc1. The van der Waals surface area contributed by atoms with E-state index in [4.69, 9.17) is 4.74 Å². The average molecular weight is 405 g/mol. The van der Waals surface area contributed by atoms with E-state index in [9.17, 15) is 5.11 Å². The van der Waals surface area contributed by atoms with Crippen LogP contribution >= 0.6 is 15.9 Å². The number of rotatable bonds is 6. The summed E-state index contributed by atoms with van der Waals surface area (Å²) in [4.78, 5) is 4.88. The number of hydrogen-bond acceptors (Lipinski definition) is 4. The van der Waals surface area contributed by atoms with Crippen molar-refractivity contribution in [3.8, 4) is 11.5 Å². The molecular weight excluding hydrogens is 380 g/mol. The Bertz CT molecular complexity index is 683. The van der Waals surface area contributed by atoms with E-state index in [1.165, 1.54) is 5.56 Å². The number of piperazine rings is 1. The second-order valence-electron chi connectivity index (χ2n) is 6.40. The third-order valence-corrected chi connectivity index (χ3v) is 5.03. The van der Waals surface area contributed by atoms with Crippen molar-refractivity contribution in [3.05, 3.63) is 58.1 Å². The molecule has 0 bridgehead atoms. The molecule has 2 aromatic rings. The number of benzene rings is 2. The molecule has 0 radical (unpaired) electrons. The minimum atomic E-state index is 0.375.